The Kier molecular flexibility index (Phi) is 2.87. The van der Waals surface area contributed by atoms with Crippen molar-refractivity contribution in [2.45, 2.75) is 19.4 Å². The first kappa shape index (κ1) is 9.98. The quantitative estimate of drug-likeness (QED) is 0.532. The molecule has 13 heavy (non-hydrogen) atoms. The van der Waals surface area contributed by atoms with Crippen LogP contribution in [0.25, 0.3) is 0 Å². The summed E-state index contributed by atoms with van der Waals surface area (Å²) in [5.41, 5.74) is 0. The van der Waals surface area contributed by atoms with Crippen LogP contribution < -0.4 is 0 Å². The molecule has 0 radical (unpaired) electrons. The fraction of sp³-hybridized carbons (Fsp3) is 0.750. The van der Waals surface area contributed by atoms with Crippen molar-refractivity contribution in [3.05, 3.63) is 0 Å². The summed E-state index contributed by atoms with van der Waals surface area (Å²) in [6, 6.07) is 0. The van der Waals surface area contributed by atoms with Gasteiger partial charge in [0, 0.05) is 19.0 Å². The number of rotatable bonds is 1. The molecule has 1 fully saturated rings. The van der Waals surface area contributed by atoms with Gasteiger partial charge in [-0.3, -0.25) is 4.79 Å². The molecular formula is C8H13NO4. The van der Waals surface area contributed by atoms with E-state index in [9.17, 15) is 14.7 Å². The summed E-state index contributed by atoms with van der Waals surface area (Å²) >= 11 is 0. The molecule has 1 aliphatic heterocycles. The van der Waals surface area contributed by atoms with Crippen LogP contribution in [0.4, 0.5) is 0 Å². The molecule has 0 aromatic carbocycles. The number of carbonyl (C=O) groups excluding carboxylic acids is 1. The first-order chi connectivity index (χ1) is 6.02. The largest absolute Gasteiger partial charge is 0.474 e. The first-order valence-electron chi connectivity index (χ1n) is 4.22. The average Bonchev–Trinajstić information content (AvgIpc) is 2.50. The topological polar surface area (TPSA) is 77.8 Å². The number of aliphatic hydroxyl groups excluding tert-OH is 1. The van der Waals surface area contributed by atoms with Gasteiger partial charge in [0.1, 0.15) is 0 Å². The molecule has 0 bridgehead atoms. The molecule has 2 atom stereocenters. The number of aliphatic carboxylic acids is 1. The Balaban J connectivity index is 2.50. The van der Waals surface area contributed by atoms with Gasteiger partial charge in [-0.1, -0.05) is 0 Å². The van der Waals surface area contributed by atoms with E-state index in [0.29, 0.717) is 19.5 Å². The third-order valence-electron chi connectivity index (χ3n) is 2.38. The first-order valence-corrected chi connectivity index (χ1v) is 4.22. The smallest absolute Gasteiger partial charge is 0.394 e. The Labute approximate surface area is 76.0 Å². The highest BCUT2D eigenvalue weighted by molar-refractivity contribution is 6.31. The lowest BCUT2D eigenvalue weighted by atomic mass is 10.0. The van der Waals surface area contributed by atoms with Crippen LogP contribution in [0, 0.1) is 5.92 Å². The van der Waals surface area contributed by atoms with Crippen LogP contribution in [0.2, 0.25) is 0 Å². The zero-order valence-corrected chi connectivity index (χ0v) is 7.43. The van der Waals surface area contributed by atoms with Crippen molar-refractivity contribution in [2.75, 3.05) is 13.1 Å². The van der Waals surface area contributed by atoms with Crippen molar-refractivity contribution in [1.29, 1.82) is 0 Å². The number of amides is 1. The predicted molar refractivity (Wildman–Crippen MR) is 44.0 cm³/mol. The molecule has 2 N–H and O–H groups in total. The normalized spacial score (nSPS) is 24.5. The van der Waals surface area contributed by atoms with Gasteiger partial charge in [0.05, 0.1) is 6.10 Å². The van der Waals surface area contributed by atoms with E-state index in [1.54, 1.807) is 6.92 Å². The Morgan fingerprint density at radius 1 is 1.54 bits per heavy atom. The van der Waals surface area contributed by atoms with Crippen molar-refractivity contribution in [3.63, 3.8) is 0 Å². The summed E-state index contributed by atoms with van der Waals surface area (Å²) in [4.78, 5) is 22.5. The Morgan fingerprint density at radius 2 is 2.15 bits per heavy atom. The molecule has 1 rings (SSSR count). The lowest BCUT2D eigenvalue weighted by Crippen LogP contribution is -2.35. The lowest BCUT2D eigenvalue weighted by molar-refractivity contribution is -0.155. The molecule has 1 heterocycles. The van der Waals surface area contributed by atoms with E-state index < -0.39 is 18.0 Å². The molecular weight excluding hydrogens is 174 g/mol. The van der Waals surface area contributed by atoms with Crippen LogP contribution >= 0.6 is 0 Å². The van der Waals surface area contributed by atoms with Gasteiger partial charge in [-0.15, -0.1) is 0 Å². The SMILES string of the molecule is CC(O)C1CCN(C(=O)C(=O)O)C1. The van der Waals surface area contributed by atoms with E-state index in [0.717, 1.165) is 0 Å². The number of nitrogens with zero attached hydrogens (tertiary/aromatic N) is 1. The van der Waals surface area contributed by atoms with Crippen molar-refractivity contribution < 1.29 is 19.8 Å². The fourth-order valence-corrected chi connectivity index (χ4v) is 1.50. The summed E-state index contributed by atoms with van der Waals surface area (Å²) in [5, 5.41) is 17.6. The second kappa shape index (κ2) is 3.74. The van der Waals surface area contributed by atoms with E-state index in [2.05, 4.69) is 0 Å². The van der Waals surface area contributed by atoms with Gasteiger partial charge in [-0.05, 0) is 13.3 Å². The minimum absolute atomic E-state index is 0.0169. The summed E-state index contributed by atoms with van der Waals surface area (Å²) in [5.74, 6) is -2.28. The van der Waals surface area contributed by atoms with Gasteiger partial charge in [-0.25, -0.2) is 4.79 Å². The molecule has 0 spiro atoms. The van der Waals surface area contributed by atoms with Gasteiger partial charge >= 0.3 is 11.9 Å². The third kappa shape index (κ3) is 2.18. The number of hydrogen-bond donors (Lipinski definition) is 2. The molecule has 5 nitrogen and oxygen atoms in total. The lowest BCUT2D eigenvalue weighted by Gasteiger charge is -2.15. The standard InChI is InChI=1S/C8H13NO4/c1-5(10)6-2-3-9(4-6)7(11)8(12)13/h5-6,10H,2-4H2,1H3,(H,12,13). The van der Waals surface area contributed by atoms with Gasteiger partial charge in [0.25, 0.3) is 0 Å². The van der Waals surface area contributed by atoms with E-state index in [1.165, 1.54) is 4.90 Å². The van der Waals surface area contributed by atoms with E-state index in [-0.39, 0.29) is 5.92 Å². The van der Waals surface area contributed by atoms with E-state index in [4.69, 9.17) is 5.11 Å². The monoisotopic (exact) mass is 187 g/mol. The van der Waals surface area contributed by atoms with Gasteiger partial charge in [-0.2, -0.15) is 0 Å². The van der Waals surface area contributed by atoms with Crippen LogP contribution in [0.1, 0.15) is 13.3 Å². The predicted octanol–water partition coefficient (Wildman–Crippen LogP) is -0.700. The average molecular weight is 187 g/mol. The van der Waals surface area contributed by atoms with Crippen LogP contribution in [0.5, 0.6) is 0 Å². The molecule has 0 aromatic heterocycles. The second-order valence-electron chi connectivity index (χ2n) is 3.35. The highest BCUT2D eigenvalue weighted by Gasteiger charge is 2.31. The van der Waals surface area contributed by atoms with Crippen molar-refractivity contribution in [3.8, 4) is 0 Å². The molecule has 1 amide bonds. The van der Waals surface area contributed by atoms with Gasteiger partial charge in [0.15, 0.2) is 0 Å². The zero-order valence-electron chi connectivity index (χ0n) is 7.43. The Morgan fingerprint density at radius 3 is 2.54 bits per heavy atom. The van der Waals surface area contributed by atoms with E-state index >= 15 is 0 Å². The number of aliphatic hydroxyl groups is 1. The molecule has 5 heteroatoms. The number of likely N-dealkylation sites (tertiary alicyclic amines) is 1. The fourth-order valence-electron chi connectivity index (χ4n) is 1.50. The van der Waals surface area contributed by atoms with Crippen molar-refractivity contribution in [1.82, 2.24) is 4.90 Å². The molecule has 1 saturated heterocycles. The van der Waals surface area contributed by atoms with Crippen LogP contribution in [0.15, 0.2) is 0 Å². The van der Waals surface area contributed by atoms with Crippen LogP contribution in [-0.2, 0) is 9.59 Å². The molecule has 0 aromatic rings. The maximum atomic E-state index is 11.0. The van der Waals surface area contributed by atoms with Crippen LogP contribution in [-0.4, -0.2) is 46.2 Å². The molecule has 1 aliphatic rings. The second-order valence-corrected chi connectivity index (χ2v) is 3.35. The Bertz CT molecular complexity index is 226. The van der Waals surface area contributed by atoms with Gasteiger partial charge < -0.3 is 15.1 Å². The summed E-state index contributed by atoms with van der Waals surface area (Å²) in [7, 11) is 0. The van der Waals surface area contributed by atoms with E-state index in [1.807, 2.05) is 0 Å². The highest BCUT2D eigenvalue weighted by atomic mass is 16.4. The molecule has 2 unspecified atom stereocenters. The number of carboxylic acids is 1. The summed E-state index contributed by atoms with van der Waals surface area (Å²) in [6.07, 6.45) is 0.197. The maximum Gasteiger partial charge on any atom is 0.394 e. The number of hydrogen-bond acceptors (Lipinski definition) is 3. The van der Waals surface area contributed by atoms with Crippen LogP contribution in [0.3, 0.4) is 0 Å². The summed E-state index contributed by atoms with van der Waals surface area (Å²) < 4.78 is 0. The number of carbonyl (C=O) groups is 2. The molecule has 0 saturated carbocycles. The summed E-state index contributed by atoms with van der Waals surface area (Å²) in [6.45, 7) is 2.43. The Hall–Kier alpha value is -1.10. The highest BCUT2D eigenvalue weighted by Crippen LogP contribution is 2.19. The third-order valence-corrected chi connectivity index (χ3v) is 2.38. The van der Waals surface area contributed by atoms with Crippen molar-refractivity contribution >= 4 is 11.9 Å². The van der Waals surface area contributed by atoms with Gasteiger partial charge in [0.2, 0.25) is 0 Å². The minimum Gasteiger partial charge on any atom is -0.474 e. The van der Waals surface area contributed by atoms with Crippen molar-refractivity contribution in [2.24, 2.45) is 5.92 Å². The minimum atomic E-state index is -1.42. The maximum absolute atomic E-state index is 11.0. The molecule has 0 aliphatic carbocycles. The zero-order chi connectivity index (χ0) is 10.0. The number of carboxylic acid groups (broad SMARTS) is 1. The molecule has 74 valence electrons.